The lowest BCUT2D eigenvalue weighted by molar-refractivity contribution is 0.213. The Bertz CT molecular complexity index is 335. The predicted octanol–water partition coefficient (Wildman–Crippen LogP) is 3.73. The van der Waals surface area contributed by atoms with E-state index in [-0.39, 0.29) is 6.04 Å². The van der Waals surface area contributed by atoms with Crippen molar-refractivity contribution in [2.24, 2.45) is 5.73 Å². The van der Waals surface area contributed by atoms with Crippen LogP contribution in [0.3, 0.4) is 0 Å². The molecule has 1 aromatic rings. The summed E-state index contributed by atoms with van der Waals surface area (Å²) < 4.78 is 0. The number of rotatable bonds is 6. The molecule has 0 aliphatic carbocycles. The van der Waals surface area contributed by atoms with Crippen LogP contribution in [0, 0.1) is 0 Å². The molecule has 0 spiro atoms. The number of likely N-dealkylation sites (N-methyl/N-ethyl adjacent to an activating group) is 1. The third-order valence-corrected chi connectivity index (χ3v) is 3.29. The van der Waals surface area contributed by atoms with Gasteiger partial charge in [-0.2, -0.15) is 0 Å². The smallest absolute Gasteiger partial charge is 0.0471 e. The quantitative estimate of drug-likeness (QED) is 0.857. The summed E-state index contributed by atoms with van der Waals surface area (Å²) in [6, 6.07) is 5.83. The summed E-state index contributed by atoms with van der Waals surface area (Å²) in [6.07, 6.45) is 1.11. The lowest BCUT2D eigenvalue weighted by Crippen LogP contribution is -2.34. The minimum absolute atomic E-state index is 0.191. The fourth-order valence-corrected chi connectivity index (χ4v) is 2.63. The molecule has 0 radical (unpaired) electrons. The van der Waals surface area contributed by atoms with Crippen LogP contribution in [0.2, 0.25) is 10.0 Å². The number of nitrogens with two attached hydrogens (primary N) is 1. The first-order valence-electron chi connectivity index (χ1n) is 6.02. The molecule has 0 bridgehead atoms. The maximum atomic E-state index is 6.03. The molecule has 1 aromatic carbocycles. The van der Waals surface area contributed by atoms with Crippen LogP contribution in [0.1, 0.15) is 31.9 Å². The van der Waals surface area contributed by atoms with Crippen molar-refractivity contribution in [1.29, 1.82) is 0 Å². The molecule has 0 amide bonds. The minimum Gasteiger partial charge on any atom is -0.329 e. The van der Waals surface area contributed by atoms with E-state index in [2.05, 4.69) is 18.7 Å². The highest BCUT2D eigenvalue weighted by Gasteiger charge is 2.17. The minimum atomic E-state index is 0.191. The van der Waals surface area contributed by atoms with Gasteiger partial charge in [0.15, 0.2) is 0 Å². The van der Waals surface area contributed by atoms with Gasteiger partial charge >= 0.3 is 0 Å². The van der Waals surface area contributed by atoms with Crippen molar-refractivity contribution < 1.29 is 0 Å². The summed E-state index contributed by atoms with van der Waals surface area (Å²) in [6.45, 7) is 6.89. The van der Waals surface area contributed by atoms with Crippen molar-refractivity contribution in [3.05, 3.63) is 33.8 Å². The van der Waals surface area contributed by atoms with Crippen molar-refractivity contribution in [3.63, 3.8) is 0 Å². The number of nitrogens with zero attached hydrogens (tertiary/aromatic N) is 1. The average molecular weight is 275 g/mol. The summed E-state index contributed by atoms with van der Waals surface area (Å²) >= 11 is 12.1. The third-order valence-electron chi connectivity index (χ3n) is 2.85. The third kappa shape index (κ3) is 4.14. The largest absolute Gasteiger partial charge is 0.329 e. The number of hydrogen-bond donors (Lipinski definition) is 1. The molecule has 4 heteroatoms. The molecule has 96 valence electrons. The summed E-state index contributed by atoms with van der Waals surface area (Å²) in [5, 5.41) is 1.33. The Balaban J connectivity index is 2.98. The zero-order valence-electron chi connectivity index (χ0n) is 10.4. The molecule has 2 N–H and O–H groups in total. The Kier molecular flexibility index (Phi) is 6.28. The predicted molar refractivity (Wildman–Crippen MR) is 75.8 cm³/mol. The molecule has 0 aliphatic heterocycles. The fraction of sp³-hybridized carbons (Fsp3) is 0.538. The number of benzene rings is 1. The van der Waals surface area contributed by atoms with Gasteiger partial charge in [-0.1, -0.05) is 37.0 Å². The average Bonchev–Trinajstić information content (AvgIpc) is 2.27. The van der Waals surface area contributed by atoms with E-state index in [1.54, 1.807) is 6.07 Å². The molecule has 0 fully saturated rings. The summed E-state index contributed by atoms with van der Waals surface area (Å²) in [4.78, 5) is 2.35. The second-order valence-corrected chi connectivity index (χ2v) is 4.96. The summed E-state index contributed by atoms with van der Waals surface area (Å²) in [7, 11) is 0. The first kappa shape index (κ1) is 14.8. The maximum absolute atomic E-state index is 6.03. The van der Waals surface area contributed by atoms with E-state index in [1.165, 1.54) is 0 Å². The lowest BCUT2D eigenvalue weighted by atomic mass is 10.1. The van der Waals surface area contributed by atoms with E-state index < -0.39 is 0 Å². The molecule has 0 aliphatic rings. The Morgan fingerprint density at radius 2 is 1.76 bits per heavy atom. The molecule has 17 heavy (non-hydrogen) atoms. The Hall–Kier alpha value is -0.280. The first-order chi connectivity index (χ1) is 8.12. The molecule has 1 unspecified atom stereocenters. The van der Waals surface area contributed by atoms with E-state index in [0.717, 1.165) is 25.1 Å². The van der Waals surface area contributed by atoms with Gasteiger partial charge in [-0.05, 0) is 43.3 Å². The van der Waals surface area contributed by atoms with E-state index >= 15 is 0 Å². The van der Waals surface area contributed by atoms with E-state index in [1.807, 2.05) is 12.1 Å². The van der Waals surface area contributed by atoms with Gasteiger partial charge in [0.05, 0.1) is 0 Å². The van der Waals surface area contributed by atoms with Gasteiger partial charge < -0.3 is 5.73 Å². The van der Waals surface area contributed by atoms with Crippen LogP contribution < -0.4 is 5.73 Å². The van der Waals surface area contributed by atoms with Crippen LogP contribution in [-0.2, 0) is 0 Å². The van der Waals surface area contributed by atoms with Crippen molar-refractivity contribution in [2.75, 3.05) is 19.6 Å². The molecular formula is C13H20Cl2N2. The Labute approximate surface area is 114 Å². The highest BCUT2D eigenvalue weighted by Crippen LogP contribution is 2.26. The van der Waals surface area contributed by atoms with Crippen LogP contribution in [0.4, 0.5) is 0 Å². The van der Waals surface area contributed by atoms with Crippen molar-refractivity contribution in [2.45, 2.75) is 26.3 Å². The second-order valence-electron chi connectivity index (χ2n) is 4.08. The normalized spacial score (nSPS) is 13.1. The lowest BCUT2D eigenvalue weighted by Gasteiger charge is -2.30. The van der Waals surface area contributed by atoms with Crippen molar-refractivity contribution in [3.8, 4) is 0 Å². The van der Waals surface area contributed by atoms with Crippen LogP contribution in [-0.4, -0.2) is 24.5 Å². The van der Waals surface area contributed by atoms with Crippen LogP contribution >= 0.6 is 23.2 Å². The zero-order chi connectivity index (χ0) is 12.8. The van der Waals surface area contributed by atoms with E-state index in [4.69, 9.17) is 28.9 Å². The molecule has 1 rings (SSSR count). The van der Waals surface area contributed by atoms with Gasteiger partial charge in [-0.25, -0.2) is 0 Å². The van der Waals surface area contributed by atoms with Gasteiger partial charge in [-0.3, -0.25) is 4.90 Å². The maximum Gasteiger partial charge on any atom is 0.0471 e. The first-order valence-corrected chi connectivity index (χ1v) is 6.78. The van der Waals surface area contributed by atoms with Gasteiger partial charge in [0.25, 0.3) is 0 Å². The highest BCUT2D eigenvalue weighted by atomic mass is 35.5. The zero-order valence-corrected chi connectivity index (χ0v) is 11.9. The molecule has 0 heterocycles. The highest BCUT2D eigenvalue weighted by molar-refractivity contribution is 6.34. The standard InChI is InChI=1S/C13H20Cl2N2/c1-3-5-17(4-2)13(9-16)10-6-11(14)8-12(15)7-10/h6-8,13H,3-5,9,16H2,1-2H3. The molecule has 1 atom stereocenters. The fourth-order valence-electron chi connectivity index (χ4n) is 2.09. The molecule has 0 saturated carbocycles. The van der Waals surface area contributed by atoms with E-state index in [0.29, 0.717) is 16.6 Å². The van der Waals surface area contributed by atoms with Crippen LogP contribution in [0.15, 0.2) is 18.2 Å². The SMILES string of the molecule is CCCN(CC)C(CN)c1cc(Cl)cc(Cl)c1. The number of hydrogen-bond acceptors (Lipinski definition) is 2. The molecular weight excluding hydrogens is 255 g/mol. The summed E-state index contributed by atoms with van der Waals surface area (Å²) in [5.41, 5.74) is 6.98. The van der Waals surface area contributed by atoms with Crippen molar-refractivity contribution in [1.82, 2.24) is 4.90 Å². The van der Waals surface area contributed by atoms with Crippen molar-refractivity contribution >= 4 is 23.2 Å². The van der Waals surface area contributed by atoms with Crippen LogP contribution in [0.25, 0.3) is 0 Å². The van der Waals surface area contributed by atoms with Crippen LogP contribution in [0.5, 0.6) is 0 Å². The number of halogens is 2. The second kappa shape index (κ2) is 7.22. The molecule has 2 nitrogen and oxygen atoms in total. The topological polar surface area (TPSA) is 29.3 Å². The Morgan fingerprint density at radius 1 is 1.18 bits per heavy atom. The Morgan fingerprint density at radius 3 is 2.18 bits per heavy atom. The molecule has 0 saturated heterocycles. The van der Waals surface area contributed by atoms with Gasteiger partial charge in [0.1, 0.15) is 0 Å². The van der Waals surface area contributed by atoms with Gasteiger partial charge in [0.2, 0.25) is 0 Å². The van der Waals surface area contributed by atoms with Gasteiger partial charge in [0, 0.05) is 22.6 Å². The monoisotopic (exact) mass is 274 g/mol. The summed E-state index contributed by atoms with van der Waals surface area (Å²) in [5.74, 6) is 0. The van der Waals surface area contributed by atoms with E-state index in [9.17, 15) is 0 Å². The van der Waals surface area contributed by atoms with Gasteiger partial charge in [-0.15, -0.1) is 0 Å². The molecule has 0 aromatic heterocycles.